The third kappa shape index (κ3) is 5.74. The van der Waals surface area contributed by atoms with Crippen molar-refractivity contribution in [2.45, 2.75) is 33.6 Å². The Kier molecular flexibility index (Phi) is 7.70. The molecule has 1 aliphatic heterocycles. The molecular weight excluding hydrogens is 522 g/mol. The first-order chi connectivity index (χ1) is 17.2. The summed E-state index contributed by atoms with van der Waals surface area (Å²) in [5, 5.41) is 0. The number of hydrogen-bond acceptors (Lipinski definition) is 6. The van der Waals surface area contributed by atoms with Gasteiger partial charge in [-0.25, -0.2) is 14.6 Å². The van der Waals surface area contributed by atoms with E-state index < -0.39 is 11.9 Å². The SMILES string of the molecule is CCOc1cc(/C=C2\N=C(c3ccc(C(C)C)cc3)OC2=O)cc(Br)c1OC(=O)c1ccc(C)cc1. The number of rotatable bonds is 7. The predicted molar refractivity (Wildman–Crippen MR) is 143 cm³/mol. The van der Waals surface area contributed by atoms with E-state index in [1.165, 1.54) is 5.56 Å². The number of ether oxygens (including phenoxy) is 3. The third-order valence-electron chi connectivity index (χ3n) is 5.56. The number of carbonyl (C=O) groups excluding carboxylic acids is 2. The fraction of sp³-hybridized carbons (Fsp3) is 0.207. The lowest BCUT2D eigenvalue weighted by molar-refractivity contribution is -0.129. The number of nitrogens with zero attached hydrogens (tertiary/aromatic N) is 1. The van der Waals surface area contributed by atoms with Gasteiger partial charge in [-0.1, -0.05) is 43.7 Å². The Balaban J connectivity index is 1.61. The Morgan fingerprint density at radius 1 is 1.08 bits per heavy atom. The summed E-state index contributed by atoms with van der Waals surface area (Å²) in [6, 6.07) is 18.3. The van der Waals surface area contributed by atoms with Crippen molar-refractivity contribution in [1.29, 1.82) is 0 Å². The minimum atomic E-state index is -0.540. The molecule has 0 fully saturated rings. The molecule has 0 spiro atoms. The quantitative estimate of drug-likeness (QED) is 0.184. The van der Waals surface area contributed by atoms with Crippen LogP contribution in [-0.4, -0.2) is 24.4 Å². The number of benzene rings is 3. The van der Waals surface area contributed by atoms with Gasteiger partial charge in [0.25, 0.3) is 0 Å². The second-order valence-electron chi connectivity index (χ2n) is 8.63. The zero-order chi connectivity index (χ0) is 25.8. The normalized spacial score (nSPS) is 14.1. The van der Waals surface area contributed by atoms with E-state index in [-0.39, 0.29) is 17.3 Å². The van der Waals surface area contributed by atoms with Crippen molar-refractivity contribution in [1.82, 2.24) is 0 Å². The van der Waals surface area contributed by atoms with Crippen LogP contribution in [0.5, 0.6) is 11.5 Å². The lowest BCUT2D eigenvalue weighted by Gasteiger charge is -2.13. The summed E-state index contributed by atoms with van der Waals surface area (Å²) in [5.74, 6) is 0.239. The lowest BCUT2D eigenvalue weighted by atomic mass is 10.0. The van der Waals surface area contributed by atoms with Gasteiger partial charge in [-0.2, -0.15) is 0 Å². The summed E-state index contributed by atoms with van der Waals surface area (Å²) in [6.07, 6.45) is 1.61. The molecule has 184 valence electrons. The first kappa shape index (κ1) is 25.4. The van der Waals surface area contributed by atoms with Crippen molar-refractivity contribution >= 4 is 39.8 Å². The number of halogens is 1. The van der Waals surface area contributed by atoms with E-state index >= 15 is 0 Å². The molecule has 0 unspecified atom stereocenters. The van der Waals surface area contributed by atoms with Gasteiger partial charge >= 0.3 is 11.9 Å². The maximum Gasteiger partial charge on any atom is 0.363 e. The van der Waals surface area contributed by atoms with E-state index in [1.54, 1.807) is 30.3 Å². The number of hydrogen-bond donors (Lipinski definition) is 0. The van der Waals surface area contributed by atoms with Crippen LogP contribution in [0.15, 0.2) is 75.8 Å². The number of esters is 2. The molecule has 7 heteroatoms. The van der Waals surface area contributed by atoms with Gasteiger partial charge in [-0.3, -0.25) is 0 Å². The maximum absolute atomic E-state index is 12.7. The fourth-order valence-electron chi connectivity index (χ4n) is 3.58. The molecule has 1 aliphatic rings. The van der Waals surface area contributed by atoms with E-state index in [0.29, 0.717) is 33.9 Å². The number of carbonyl (C=O) groups is 2. The van der Waals surface area contributed by atoms with Crippen molar-refractivity contribution in [3.63, 3.8) is 0 Å². The molecule has 3 aromatic carbocycles. The molecule has 4 rings (SSSR count). The van der Waals surface area contributed by atoms with Crippen LogP contribution in [0.1, 0.15) is 59.3 Å². The molecule has 0 amide bonds. The van der Waals surface area contributed by atoms with Crippen LogP contribution in [0.25, 0.3) is 6.08 Å². The van der Waals surface area contributed by atoms with Crippen LogP contribution < -0.4 is 9.47 Å². The Hall–Kier alpha value is -3.71. The summed E-state index contributed by atoms with van der Waals surface area (Å²) < 4.78 is 17.3. The van der Waals surface area contributed by atoms with Crippen LogP contribution in [-0.2, 0) is 9.53 Å². The molecule has 0 saturated carbocycles. The molecule has 0 radical (unpaired) electrons. The number of aliphatic imine (C=N–C) groups is 1. The van der Waals surface area contributed by atoms with Crippen LogP contribution >= 0.6 is 15.9 Å². The van der Waals surface area contributed by atoms with Gasteiger partial charge in [0, 0.05) is 5.56 Å². The number of cyclic esters (lactones) is 1. The van der Waals surface area contributed by atoms with Crippen LogP contribution in [0.2, 0.25) is 0 Å². The fourth-order valence-corrected chi connectivity index (χ4v) is 4.12. The first-order valence-corrected chi connectivity index (χ1v) is 12.4. The first-order valence-electron chi connectivity index (χ1n) is 11.6. The molecule has 0 atom stereocenters. The zero-order valence-electron chi connectivity index (χ0n) is 20.5. The second kappa shape index (κ2) is 10.9. The van der Waals surface area contributed by atoms with Gasteiger partial charge in [-0.15, -0.1) is 0 Å². The molecule has 36 heavy (non-hydrogen) atoms. The minimum Gasteiger partial charge on any atom is -0.490 e. The Labute approximate surface area is 218 Å². The summed E-state index contributed by atoms with van der Waals surface area (Å²) in [4.78, 5) is 29.6. The Bertz CT molecular complexity index is 1360. The van der Waals surface area contributed by atoms with E-state index in [4.69, 9.17) is 14.2 Å². The van der Waals surface area contributed by atoms with Crippen LogP contribution in [0.3, 0.4) is 0 Å². The summed E-state index contributed by atoms with van der Waals surface area (Å²) >= 11 is 3.47. The Morgan fingerprint density at radius 2 is 1.78 bits per heavy atom. The topological polar surface area (TPSA) is 74.2 Å². The standard InChI is InChI=1S/C29H26BrNO5/c1-5-34-25-16-19(14-23(30)26(25)35-28(32)22-8-6-18(4)7-9-22)15-24-29(33)36-27(31-24)21-12-10-20(11-13-21)17(2)3/h6-17H,5H2,1-4H3/b24-15-. The molecule has 1 heterocycles. The number of aryl methyl sites for hydroxylation is 1. The van der Waals surface area contributed by atoms with Crippen molar-refractivity contribution in [3.05, 3.63) is 98.7 Å². The molecule has 0 bridgehead atoms. The molecule has 0 aliphatic carbocycles. The van der Waals surface area contributed by atoms with Crippen molar-refractivity contribution in [3.8, 4) is 11.5 Å². The lowest BCUT2D eigenvalue weighted by Crippen LogP contribution is -2.10. The van der Waals surface area contributed by atoms with Gasteiger partial charge in [0.1, 0.15) is 0 Å². The van der Waals surface area contributed by atoms with Gasteiger partial charge in [0.05, 0.1) is 16.6 Å². The van der Waals surface area contributed by atoms with Gasteiger partial charge < -0.3 is 14.2 Å². The monoisotopic (exact) mass is 547 g/mol. The average Bonchev–Trinajstić information content (AvgIpc) is 3.21. The third-order valence-corrected chi connectivity index (χ3v) is 6.15. The van der Waals surface area contributed by atoms with Crippen molar-refractivity contribution in [2.24, 2.45) is 4.99 Å². The summed E-state index contributed by atoms with van der Waals surface area (Å²) in [6.45, 7) is 8.37. The smallest absolute Gasteiger partial charge is 0.363 e. The average molecular weight is 548 g/mol. The Morgan fingerprint density at radius 3 is 2.42 bits per heavy atom. The molecule has 0 saturated heterocycles. The van der Waals surface area contributed by atoms with E-state index in [0.717, 1.165) is 11.1 Å². The van der Waals surface area contributed by atoms with E-state index in [1.807, 2.05) is 50.2 Å². The van der Waals surface area contributed by atoms with Crippen molar-refractivity contribution in [2.75, 3.05) is 6.61 Å². The van der Waals surface area contributed by atoms with Gasteiger partial charge in [-0.05, 0) is 89.3 Å². The molecule has 0 aromatic heterocycles. The predicted octanol–water partition coefficient (Wildman–Crippen LogP) is 6.84. The highest BCUT2D eigenvalue weighted by Gasteiger charge is 2.25. The molecular formula is C29H26BrNO5. The largest absolute Gasteiger partial charge is 0.490 e. The highest BCUT2D eigenvalue weighted by molar-refractivity contribution is 9.10. The van der Waals surface area contributed by atoms with Gasteiger partial charge in [0.2, 0.25) is 5.90 Å². The van der Waals surface area contributed by atoms with E-state index in [9.17, 15) is 9.59 Å². The minimum absolute atomic E-state index is 0.164. The van der Waals surface area contributed by atoms with Crippen LogP contribution in [0.4, 0.5) is 0 Å². The van der Waals surface area contributed by atoms with Gasteiger partial charge in [0.15, 0.2) is 17.2 Å². The second-order valence-corrected chi connectivity index (χ2v) is 9.49. The molecule has 6 nitrogen and oxygen atoms in total. The highest BCUT2D eigenvalue weighted by Crippen LogP contribution is 2.38. The van der Waals surface area contributed by atoms with Crippen molar-refractivity contribution < 1.29 is 23.8 Å². The highest BCUT2D eigenvalue weighted by atomic mass is 79.9. The molecule has 3 aromatic rings. The zero-order valence-corrected chi connectivity index (χ0v) is 22.1. The summed E-state index contributed by atoms with van der Waals surface area (Å²) in [7, 11) is 0. The van der Waals surface area contributed by atoms with Crippen LogP contribution in [0, 0.1) is 6.92 Å². The maximum atomic E-state index is 12.7. The van der Waals surface area contributed by atoms with E-state index in [2.05, 4.69) is 34.8 Å². The molecule has 0 N–H and O–H groups in total. The summed E-state index contributed by atoms with van der Waals surface area (Å²) in [5.41, 5.74) is 4.19.